The Kier molecular flexibility index (Phi) is 5.69. The Labute approximate surface area is 162 Å². The molecule has 0 unspecified atom stereocenters. The average Bonchev–Trinajstić information content (AvgIpc) is 2.65. The molecule has 3 aromatic rings. The van der Waals surface area contributed by atoms with Gasteiger partial charge in [0.15, 0.2) is 0 Å². The van der Waals surface area contributed by atoms with E-state index >= 15 is 0 Å². The van der Waals surface area contributed by atoms with Gasteiger partial charge in [-0.1, -0.05) is 30.3 Å². The molecular formula is C22H21N3O3. The summed E-state index contributed by atoms with van der Waals surface area (Å²) < 4.78 is 1.52. The summed E-state index contributed by atoms with van der Waals surface area (Å²) in [6, 6.07) is 17.8. The molecule has 0 aliphatic rings. The number of hydrogen-bond acceptors (Lipinski definition) is 3. The van der Waals surface area contributed by atoms with Crippen LogP contribution in [-0.4, -0.2) is 16.4 Å². The minimum atomic E-state index is -0.496. The third kappa shape index (κ3) is 4.54. The van der Waals surface area contributed by atoms with E-state index in [1.807, 2.05) is 31.2 Å². The number of carbonyl (C=O) groups excluding carboxylic acids is 2. The zero-order valence-corrected chi connectivity index (χ0v) is 15.7. The zero-order valence-electron chi connectivity index (χ0n) is 15.7. The van der Waals surface area contributed by atoms with Crippen LogP contribution in [0.5, 0.6) is 0 Å². The molecule has 6 nitrogen and oxygen atoms in total. The summed E-state index contributed by atoms with van der Waals surface area (Å²) in [5.41, 5.74) is 2.85. The lowest BCUT2D eigenvalue weighted by atomic mass is 10.1. The van der Waals surface area contributed by atoms with Gasteiger partial charge in [-0.05, 0) is 48.4 Å². The van der Waals surface area contributed by atoms with Gasteiger partial charge in [-0.25, -0.2) is 0 Å². The van der Waals surface area contributed by atoms with E-state index in [2.05, 4.69) is 10.6 Å². The summed E-state index contributed by atoms with van der Waals surface area (Å²) in [5, 5.41) is 5.37. The third-order valence-corrected chi connectivity index (χ3v) is 4.31. The van der Waals surface area contributed by atoms with Crippen LogP contribution in [-0.2, 0) is 11.3 Å². The van der Waals surface area contributed by atoms with Crippen molar-refractivity contribution in [2.24, 2.45) is 0 Å². The van der Waals surface area contributed by atoms with E-state index < -0.39 is 5.91 Å². The maximum absolute atomic E-state index is 12.8. The number of rotatable bonds is 5. The van der Waals surface area contributed by atoms with Gasteiger partial charge in [-0.2, -0.15) is 0 Å². The van der Waals surface area contributed by atoms with E-state index in [4.69, 9.17) is 0 Å². The molecule has 0 bridgehead atoms. The molecular weight excluding hydrogens is 354 g/mol. The maximum Gasteiger partial charge on any atom is 0.263 e. The zero-order chi connectivity index (χ0) is 20.1. The standard InChI is InChI=1S/C22H21N3O3/c1-15-7-3-4-8-17(15)14-25-12-6-11-20(22(25)28)21(27)24-19-10-5-9-18(13-19)23-16(2)26/h3-13H,14H2,1-2H3,(H,23,26)(H,24,27). The van der Waals surface area contributed by atoms with Crippen LogP contribution in [0.4, 0.5) is 11.4 Å². The summed E-state index contributed by atoms with van der Waals surface area (Å²) in [6.07, 6.45) is 1.67. The number of carbonyl (C=O) groups is 2. The van der Waals surface area contributed by atoms with Gasteiger partial charge < -0.3 is 15.2 Å². The molecule has 2 amide bonds. The van der Waals surface area contributed by atoms with Crippen molar-refractivity contribution >= 4 is 23.2 Å². The summed E-state index contributed by atoms with van der Waals surface area (Å²) in [7, 11) is 0. The second-order valence-electron chi connectivity index (χ2n) is 6.50. The predicted octanol–water partition coefficient (Wildman–Crippen LogP) is 3.42. The van der Waals surface area contributed by atoms with Crippen LogP contribution < -0.4 is 16.2 Å². The smallest absolute Gasteiger partial charge is 0.263 e. The number of nitrogens with zero attached hydrogens (tertiary/aromatic N) is 1. The Morgan fingerprint density at radius 3 is 2.36 bits per heavy atom. The molecule has 0 aliphatic heterocycles. The SMILES string of the molecule is CC(=O)Nc1cccc(NC(=O)c2cccn(Cc3ccccc3C)c2=O)c1. The Morgan fingerprint density at radius 1 is 0.929 bits per heavy atom. The third-order valence-electron chi connectivity index (χ3n) is 4.31. The van der Waals surface area contributed by atoms with Crippen molar-refractivity contribution in [2.75, 3.05) is 10.6 Å². The molecule has 2 N–H and O–H groups in total. The molecule has 142 valence electrons. The van der Waals surface area contributed by atoms with Crippen LogP contribution in [0.3, 0.4) is 0 Å². The van der Waals surface area contributed by atoms with Crippen molar-refractivity contribution in [3.05, 3.63) is 93.9 Å². The highest BCUT2D eigenvalue weighted by atomic mass is 16.2. The predicted molar refractivity (Wildman–Crippen MR) is 110 cm³/mol. The Hall–Kier alpha value is -3.67. The fourth-order valence-electron chi connectivity index (χ4n) is 2.88. The van der Waals surface area contributed by atoms with Crippen molar-refractivity contribution in [2.45, 2.75) is 20.4 Å². The first kappa shape index (κ1) is 19.1. The molecule has 28 heavy (non-hydrogen) atoms. The fourth-order valence-corrected chi connectivity index (χ4v) is 2.88. The Balaban J connectivity index is 1.82. The van der Waals surface area contributed by atoms with E-state index in [1.165, 1.54) is 17.6 Å². The molecule has 0 aliphatic carbocycles. The molecule has 0 saturated heterocycles. The summed E-state index contributed by atoms with van der Waals surface area (Å²) in [5.74, 6) is -0.699. The minimum Gasteiger partial charge on any atom is -0.326 e. The van der Waals surface area contributed by atoms with Crippen LogP contribution in [0.1, 0.15) is 28.4 Å². The first-order valence-electron chi connectivity index (χ1n) is 8.87. The minimum absolute atomic E-state index is 0.0565. The number of hydrogen-bond donors (Lipinski definition) is 2. The van der Waals surface area contributed by atoms with Gasteiger partial charge in [0, 0.05) is 24.5 Å². The highest BCUT2D eigenvalue weighted by molar-refractivity contribution is 6.04. The second-order valence-corrected chi connectivity index (χ2v) is 6.50. The lowest BCUT2D eigenvalue weighted by Crippen LogP contribution is -2.29. The molecule has 1 heterocycles. The van der Waals surface area contributed by atoms with E-state index in [0.717, 1.165) is 11.1 Å². The van der Waals surface area contributed by atoms with E-state index in [0.29, 0.717) is 17.9 Å². The molecule has 1 aromatic heterocycles. The van der Waals surface area contributed by atoms with Gasteiger partial charge in [-0.15, -0.1) is 0 Å². The lowest BCUT2D eigenvalue weighted by Gasteiger charge is -2.11. The second kappa shape index (κ2) is 8.35. The van der Waals surface area contributed by atoms with Crippen molar-refractivity contribution in [1.82, 2.24) is 4.57 Å². The van der Waals surface area contributed by atoms with E-state index in [-0.39, 0.29) is 17.0 Å². The van der Waals surface area contributed by atoms with Gasteiger partial charge in [0.2, 0.25) is 5.91 Å². The van der Waals surface area contributed by atoms with Gasteiger partial charge in [0.05, 0.1) is 6.54 Å². The molecule has 3 rings (SSSR count). The van der Waals surface area contributed by atoms with Crippen molar-refractivity contribution in [1.29, 1.82) is 0 Å². The molecule has 6 heteroatoms. The fraction of sp³-hybridized carbons (Fsp3) is 0.136. The van der Waals surface area contributed by atoms with E-state index in [1.54, 1.807) is 36.5 Å². The first-order valence-corrected chi connectivity index (χ1v) is 8.87. The number of amides is 2. The van der Waals surface area contributed by atoms with Gasteiger partial charge in [-0.3, -0.25) is 14.4 Å². The number of anilines is 2. The topological polar surface area (TPSA) is 80.2 Å². The quantitative estimate of drug-likeness (QED) is 0.717. The highest BCUT2D eigenvalue weighted by Gasteiger charge is 2.13. The van der Waals surface area contributed by atoms with Crippen LogP contribution in [0.15, 0.2) is 71.7 Å². The molecule has 0 spiro atoms. The van der Waals surface area contributed by atoms with Crippen LogP contribution >= 0.6 is 0 Å². The Bertz CT molecular complexity index is 1090. The number of aryl methyl sites for hydroxylation is 1. The maximum atomic E-state index is 12.8. The average molecular weight is 375 g/mol. The highest BCUT2D eigenvalue weighted by Crippen LogP contribution is 2.16. The van der Waals surface area contributed by atoms with Crippen LogP contribution in [0, 0.1) is 6.92 Å². The lowest BCUT2D eigenvalue weighted by molar-refractivity contribution is -0.114. The number of aromatic nitrogens is 1. The summed E-state index contributed by atoms with van der Waals surface area (Å²) >= 11 is 0. The molecule has 2 aromatic carbocycles. The molecule has 0 radical (unpaired) electrons. The number of benzene rings is 2. The summed E-state index contributed by atoms with van der Waals surface area (Å²) in [4.78, 5) is 36.6. The van der Waals surface area contributed by atoms with Gasteiger partial charge in [0.25, 0.3) is 11.5 Å². The molecule has 0 fully saturated rings. The monoisotopic (exact) mass is 375 g/mol. The normalized spacial score (nSPS) is 10.4. The molecule has 0 saturated carbocycles. The van der Waals surface area contributed by atoms with Crippen LogP contribution in [0.25, 0.3) is 0 Å². The van der Waals surface area contributed by atoms with E-state index in [9.17, 15) is 14.4 Å². The Morgan fingerprint density at radius 2 is 1.64 bits per heavy atom. The summed E-state index contributed by atoms with van der Waals surface area (Å²) in [6.45, 7) is 3.79. The largest absolute Gasteiger partial charge is 0.326 e. The van der Waals surface area contributed by atoms with Crippen molar-refractivity contribution in [3.63, 3.8) is 0 Å². The molecule has 0 atom stereocenters. The van der Waals surface area contributed by atoms with Crippen molar-refractivity contribution < 1.29 is 9.59 Å². The van der Waals surface area contributed by atoms with Gasteiger partial charge >= 0.3 is 0 Å². The number of nitrogens with one attached hydrogen (secondary N) is 2. The van der Waals surface area contributed by atoms with Crippen molar-refractivity contribution in [3.8, 4) is 0 Å². The van der Waals surface area contributed by atoms with Crippen LogP contribution in [0.2, 0.25) is 0 Å². The number of pyridine rings is 1. The van der Waals surface area contributed by atoms with Gasteiger partial charge in [0.1, 0.15) is 5.56 Å². The first-order chi connectivity index (χ1) is 13.4.